The zero-order valence-electron chi connectivity index (χ0n) is 18.8. The summed E-state index contributed by atoms with van der Waals surface area (Å²) in [5, 5.41) is 27.0. The van der Waals surface area contributed by atoms with Gasteiger partial charge in [0.05, 0.1) is 0 Å². The second kappa shape index (κ2) is 9.71. The average Bonchev–Trinajstić information content (AvgIpc) is 3.78. The van der Waals surface area contributed by atoms with Gasteiger partial charge in [0.1, 0.15) is 0 Å². The third-order valence-electron chi connectivity index (χ3n) is 6.36. The summed E-state index contributed by atoms with van der Waals surface area (Å²) in [6.07, 6.45) is 0. The fourth-order valence-corrected chi connectivity index (χ4v) is 8.80. The molecule has 0 aliphatic rings. The normalized spacial score (nSPS) is 11.3. The zero-order chi connectivity index (χ0) is 23.9. The summed E-state index contributed by atoms with van der Waals surface area (Å²) in [6, 6.07) is 13.7. The zero-order valence-corrected chi connectivity index (χ0v) is 23.7. The Balaban J connectivity index is 1.79. The predicted molar refractivity (Wildman–Crippen MR) is 166 cm³/mol. The van der Waals surface area contributed by atoms with Crippen LogP contribution in [0.2, 0.25) is 0 Å². The van der Waals surface area contributed by atoms with Crippen LogP contribution in [-0.2, 0) is 0 Å². The molecule has 0 amide bonds. The molecule has 36 heavy (non-hydrogen) atoms. The second-order valence-electron chi connectivity index (χ2n) is 8.32. The maximum Gasteiger partial charge on any atom is -0.000493 e. The molecule has 0 spiro atoms. The Bertz CT molecular complexity index is 1320. The first-order valence-electron chi connectivity index (χ1n) is 11.3. The Morgan fingerprint density at radius 3 is 0.528 bits per heavy atom. The summed E-state index contributed by atoms with van der Waals surface area (Å²) in [5.74, 6) is 0. The van der Waals surface area contributed by atoms with Crippen LogP contribution in [0.4, 0.5) is 0 Å². The van der Waals surface area contributed by atoms with E-state index < -0.39 is 0 Å². The first-order chi connectivity index (χ1) is 17.9. The van der Waals surface area contributed by atoms with E-state index in [1.165, 1.54) is 66.8 Å². The molecule has 1 aromatic carbocycles. The molecular weight excluding hydrogens is 553 g/mol. The molecule has 0 aliphatic heterocycles. The van der Waals surface area contributed by atoms with Gasteiger partial charge in [0.15, 0.2) is 0 Å². The van der Waals surface area contributed by atoms with Crippen molar-refractivity contribution in [2.24, 2.45) is 0 Å². The van der Waals surface area contributed by atoms with Crippen LogP contribution >= 0.6 is 68.0 Å². The second-order valence-corrected chi connectivity index (χ2v) is 13.0. The highest BCUT2D eigenvalue weighted by Crippen LogP contribution is 2.56. The minimum atomic E-state index is 1.28. The molecule has 0 N–H and O–H groups in total. The third kappa shape index (κ3) is 3.80. The van der Waals surface area contributed by atoms with E-state index in [0.29, 0.717) is 0 Å². The smallest absolute Gasteiger partial charge is 0.000493 e. The Morgan fingerprint density at radius 1 is 0.250 bits per heavy atom. The van der Waals surface area contributed by atoms with Crippen LogP contribution in [0.3, 0.4) is 0 Å². The summed E-state index contributed by atoms with van der Waals surface area (Å²) in [5.41, 5.74) is 15.7. The minimum absolute atomic E-state index is 1.28. The van der Waals surface area contributed by atoms with Gasteiger partial charge in [-0.05, 0) is 168 Å². The molecule has 0 nitrogen and oxygen atoms in total. The van der Waals surface area contributed by atoms with Crippen LogP contribution in [0.15, 0.2) is 101 Å². The molecule has 6 aromatic heterocycles. The maximum absolute atomic E-state index is 2.31. The van der Waals surface area contributed by atoms with Gasteiger partial charge in [-0.3, -0.25) is 0 Å². The van der Waals surface area contributed by atoms with E-state index in [-0.39, 0.29) is 0 Å². The van der Waals surface area contributed by atoms with E-state index in [9.17, 15) is 0 Å². The van der Waals surface area contributed by atoms with E-state index in [4.69, 9.17) is 0 Å². The van der Waals surface area contributed by atoms with Crippen LogP contribution < -0.4 is 0 Å². The standard InChI is InChI=1S/C30H18S6/c1-7-31-13-19(1)25-26(20-2-8-32-14-20)28(22-4-10-34-16-22)30(24-6-12-36-18-24)29(23-5-11-35-17-23)27(25)21-3-9-33-15-21/h1-18H. The van der Waals surface area contributed by atoms with Crippen molar-refractivity contribution >= 4 is 68.0 Å². The van der Waals surface area contributed by atoms with E-state index >= 15 is 0 Å². The molecular formula is C30H18S6. The summed E-state index contributed by atoms with van der Waals surface area (Å²) >= 11 is 10.6. The molecule has 6 heterocycles. The highest BCUT2D eigenvalue weighted by molar-refractivity contribution is 7.09. The molecule has 0 atom stereocenters. The SMILES string of the molecule is c1cc(-c2c(-c3ccsc3)c(-c3ccsc3)c(-c3ccsc3)c(-c3ccsc3)c2-c2ccsc2)cs1. The van der Waals surface area contributed by atoms with Crippen molar-refractivity contribution in [3.63, 3.8) is 0 Å². The molecule has 7 rings (SSSR count). The average molecular weight is 571 g/mol. The lowest BCUT2D eigenvalue weighted by atomic mass is 9.76. The lowest BCUT2D eigenvalue weighted by Gasteiger charge is -2.26. The van der Waals surface area contributed by atoms with Crippen molar-refractivity contribution < 1.29 is 0 Å². The van der Waals surface area contributed by atoms with Crippen molar-refractivity contribution in [3.05, 3.63) is 101 Å². The van der Waals surface area contributed by atoms with Gasteiger partial charge in [-0.1, -0.05) is 0 Å². The Morgan fingerprint density at radius 2 is 0.417 bits per heavy atom. The summed E-state index contributed by atoms with van der Waals surface area (Å²) in [7, 11) is 0. The van der Waals surface area contributed by atoms with E-state index in [1.807, 2.05) is 0 Å². The molecule has 0 saturated carbocycles. The largest absolute Gasteiger partial charge is 0.152 e. The fraction of sp³-hybridized carbons (Fsp3) is 0. The van der Waals surface area contributed by atoms with Gasteiger partial charge in [0, 0.05) is 0 Å². The lowest BCUT2D eigenvalue weighted by Crippen LogP contribution is -1.99. The fourth-order valence-electron chi connectivity index (χ4n) is 4.92. The summed E-state index contributed by atoms with van der Waals surface area (Å²) < 4.78 is 0. The molecule has 0 radical (unpaired) electrons. The van der Waals surface area contributed by atoms with E-state index in [0.717, 1.165) is 0 Å². The van der Waals surface area contributed by atoms with Crippen molar-refractivity contribution in [2.75, 3.05) is 0 Å². The predicted octanol–water partition coefficient (Wildman–Crippen LogP) is 12.1. The summed E-state index contributed by atoms with van der Waals surface area (Å²) in [4.78, 5) is 0. The van der Waals surface area contributed by atoms with Crippen LogP contribution in [0.25, 0.3) is 66.8 Å². The van der Waals surface area contributed by atoms with Crippen molar-refractivity contribution in [1.29, 1.82) is 0 Å². The molecule has 0 aliphatic carbocycles. The first-order valence-corrected chi connectivity index (χ1v) is 16.9. The number of thiophene rings is 6. The third-order valence-corrected chi connectivity index (χ3v) is 10.5. The van der Waals surface area contributed by atoms with Crippen LogP contribution in [0.1, 0.15) is 0 Å². The Labute approximate surface area is 234 Å². The molecule has 0 unspecified atom stereocenters. The van der Waals surface area contributed by atoms with Gasteiger partial charge >= 0.3 is 0 Å². The molecule has 0 fully saturated rings. The number of hydrogen-bond donors (Lipinski definition) is 0. The van der Waals surface area contributed by atoms with Gasteiger partial charge in [-0.15, -0.1) is 0 Å². The van der Waals surface area contributed by atoms with Crippen LogP contribution in [-0.4, -0.2) is 0 Å². The Kier molecular flexibility index (Phi) is 6.10. The maximum atomic E-state index is 2.31. The highest BCUT2D eigenvalue weighted by Gasteiger charge is 2.29. The molecule has 174 valence electrons. The molecule has 7 aromatic rings. The topological polar surface area (TPSA) is 0 Å². The monoisotopic (exact) mass is 570 g/mol. The van der Waals surface area contributed by atoms with Crippen molar-refractivity contribution in [1.82, 2.24) is 0 Å². The number of benzene rings is 1. The molecule has 0 bridgehead atoms. The lowest BCUT2D eigenvalue weighted by molar-refractivity contribution is 1.59. The minimum Gasteiger partial charge on any atom is -0.152 e. The molecule has 0 saturated heterocycles. The van der Waals surface area contributed by atoms with Crippen LogP contribution in [0, 0.1) is 0 Å². The van der Waals surface area contributed by atoms with E-state index in [2.05, 4.69) is 101 Å². The summed E-state index contributed by atoms with van der Waals surface area (Å²) in [6.45, 7) is 0. The first kappa shape index (κ1) is 22.6. The van der Waals surface area contributed by atoms with E-state index in [1.54, 1.807) is 68.0 Å². The van der Waals surface area contributed by atoms with Gasteiger partial charge in [-0.2, -0.15) is 68.0 Å². The number of hydrogen-bond acceptors (Lipinski definition) is 6. The number of rotatable bonds is 6. The Hall–Kier alpha value is -2.58. The van der Waals surface area contributed by atoms with Crippen molar-refractivity contribution in [2.45, 2.75) is 0 Å². The molecule has 6 heteroatoms. The van der Waals surface area contributed by atoms with Gasteiger partial charge < -0.3 is 0 Å². The highest BCUT2D eigenvalue weighted by atomic mass is 32.1. The van der Waals surface area contributed by atoms with Gasteiger partial charge in [-0.25, -0.2) is 0 Å². The van der Waals surface area contributed by atoms with Gasteiger partial charge in [0.2, 0.25) is 0 Å². The van der Waals surface area contributed by atoms with Crippen molar-refractivity contribution in [3.8, 4) is 66.8 Å². The quantitative estimate of drug-likeness (QED) is 0.186. The van der Waals surface area contributed by atoms with Crippen LogP contribution in [0.5, 0.6) is 0 Å². The van der Waals surface area contributed by atoms with Gasteiger partial charge in [0.25, 0.3) is 0 Å².